The van der Waals surface area contributed by atoms with Gasteiger partial charge in [-0.15, -0.1) is 6.58 Å². The van der Waals surface area contributed by atoms with Gasteiger partial charge in [-0.05, 0) is 64.2 Å². The van der Waals surface area contributed by atoms with Crippen LogP contribution in [0.1, 0.15) is 180 Å². The first kappa shape index (κ1) is 42.1. The van der Waals surface area contributed by atoms with E-state index in [1.165, 1.54) is 116 Å². The molecule has 0 aromatic rings. The molecule has 0 aromatic carbocycles. The summed E-state index contributed by atoms with van der Waals surface area (Å²) >= 11 is 0. The molecular weight excluding hydrogens is 554 g/mol. The van der Waals surface area contributed by atoms with E-state index in [1.807, 2.05) is 6.08 Å². The van der Waals surface area contributed by atoms with Crippen LogP contribution < -0.4 is 0 Å². The first-order chi connectivity index (χ1) is 21.3. The molecule has 0 aliphatic rings. The number of nitrogens with zero attached hydrogens (tertiary/aromatic N) is 1. The molecule has 7 heteroatoms. The van der Waals surface area contributed by atoms with E-state index in [4.69, 9.17) is 15.3 Å². The molecule has 0 atom stereocenters. The molecule has 44 heavy (non-hydrogen) atoms. The summed E-state index contributed by atoms with van der Waals surface area (Å²) in [6, 6.07) is 0. The van der Waals surface area contributed by atoms with Gasteiger partial charge < -0.3 is 19.8 Å². The summed E-state index contributed by atoms with van der Waals surface area (Å²) in [6.45, 7) is 7.48. The summed E-state index contributed by atoms with van der Waals surface area (Å²) in [5, 5.41) is 27.2. The maximum Gasteiger partial charge on any atom is 0.303 e. The zero-order chi connectivity index (χ0) is 32.6. The molecule has 258 valence electrons. The van der Waals surface area contributed by atoms with Crippen LogP contribution in [0.4, 0.5) is 0 Å². The molecule has 0 heterocycles. The van der Waals surface area contributed by atoms with Crippen molar-refractivity contribution in [1.29, 1.82) is 0 Å². The molecule has 7 nitrogen and oxygen atoms in total. The van der Waals surface area contributed by atoms with E-state index >= 15 is 0 Å². The molecule has 0 fully saturated rings. The smallest absolute Gasteiger partial charge is 0.303 e. The van der Waals surface area contributed by atoms with Gasteiger partial charge in [0.25, 0.3) is 0 Å². The number of carboxylic acid groups (broad SMARTS) is 3. The van der Waals surface area contributed by atoms with Gasteiger partial charge in [-0.25, -0.2) is 0 Å². The number of hydrogen-bond donors (Lipinski definition) is 3. The van der Waals surface area contributed by atoms with Gasteiger partial charge in [0.05, 0.1) is 26.2 Å². The summed E-state index contributed by atoms with van der Waals surface area (Å²) < 4.78 is 0.870. The maximum absolute atomic E-state index is 11.0. The van der Waals surface area contributed by atoms with E-state index in [0.717, 1.165) is 56.3 Å². The van der Waals surface area contributed by atoms with Crippen LogP contribution in [0, 0.1) is 0 Å². The maximum atomic E-state index is 11.0. The first-order valence-electron chi connectivity index (χ1n) is 18.4. The minimum atomic E-state index is -0.766. The fourth-order valence-electron chi connectivity index (χ4n) is 6.41. The van der Waals surface area contributed by atoms with Gasteiger partial charge in [0.2, 0.25) is 0 Å². The van der Waals surface area contributed by atoms with Crippen LogP contribution in [0.15, 0.2) is 12.7 Å². The highest BCUT2D eigenvalue weighted by molar-refractivity contribution is 5.67. The molecule has 0 saturated carbocycles. The lowest BCUT2D eigenvalue weighted by atomic mass is 10.0. The van der Waals surface area contributed by atoms with Crippen molar-refractivity contribution in [3.8, 4) is 0 Å². The third kappa shape index (κ3) is 30.1. The minimum absolute atomic E-state index is 0.176. The van der Waals surface area contributed by atoms with Gasteiger partial charge in [0.1, 0.15) is 0 Å². The lowest BCUT2D eigenvalue weighted by molar-refractivity contribution is -0.929. The van der Waals surface area contributed by atoms with Gasteiger partial charge >= 0.3 is 17.9 Å². The molecule has 0 radical (unpaired) electrons. The Balaban J connectivity index is 4.20. The fourth-order valence-corrected chi connectivity index (χ4v) is 6.41. The monoisotopic (exact) mass is 625 g/mol. The Morgan fingerprint density at radius 2 is 0.614 bits per heavy atom. The van der Waals surface area contributed by atoms with Crippen molar-refractivity contribution in [2.45, 2.75) is 180 Å². The Labute approximate surface area is 270 Å². The molecular formula is C37H70NO6+. The second kappa shape index (κ2) is 31.1. The van der Waals surface area contributed by atoms with E-state index < -0.39 is 17.9 Å². The highest BCUT2D eigenvalue weighted by Crippen LogP contribution is 2.20. The normalized spacial score (nSPS) is 11.5. The molecule has 0 aromatic heterocycles. The lowest BCUT2D eigenvalue weighted by Crippen LogP contribution is -2.51. The Morgan fingerprint density at radius 1 is 0.386 bits per heavy atom. The first-order valence-corrected chi connectivity index (χ1v) is 18.4. The fraction of sp³-hybridized carbons (Fsp3) is 0.865. The van der Waals surface area contributed by atoms with Crippen LogP contribution in [0.5, 0.6) is 0 Å². The van der Waals surface area contributed by atoms with Crippen molar-refractivity contribution in [2.75, 3.05) is 26.2 Å². The van der Waals surface area contributed by atoms with E-state index in [0.29, 0.717) is 19.3 Å². The number of rotatable bonds is 36. The van der Waals surface area contributed by atoms with Gasteiger partial charge in [0.15, 0.2) is 0 Å². The van der Waals surface area contributed by atoms with E-state index in [1.54, 1.807) is 0 Å². The average molecular weight is 625 g/mol. The van der Waals surface area contributed by atoms with Gasteiger partial charge in [-0.3, -0.25) is 14.4 Å². The molecule has 3 N–H and O–H groups in total. The molecule has 0 spiro atoms. The number of allylic oxidation sites excluding steroid dienone is 1. The third-order valence-electron chi connectivity index (χ3n) is 9.11. The van der Waals surface area contributed by atoms with Crippen molar-refractivity contribution >= 4 is 17.9 Å². The average Bonchev–Trinajstić information content (AvgIpc) is 2.98. The molecule has 0 saturated heterocycles. The van der Waals surface area contributed by atoms with E-state index in [2.05, 4.69) is 6.58 Å². The standard InChI is InChI=1S/C37H69NO6/c1-2-3-4-5-6-7-8-9-10-11-12-13-14-15-16-17-18-19-20-24-31-38(32-25-21-28-35(39)40,33-26-22-29-36(41)42)34-27-23-30-37(43)44/h2H,1,3-34H2,(H2-,39,40,41,42,43,44)/p+1. The third-order valence-corrected chi connectivity index (χ3v) is 9.11. The Bertz CT molecular complexity index is 655. The van der Waals surface area contributed by atoms with Crippen LogP contribution in [-0.2, 0) is 14.4 Å². The number of quaternary nitrogens is 1. The molecule has 0 aliphatic carbocycles. The van der Waals surface area contributed by atoms with Gasteiger partial charge in [-0.2, -0.15) is 0 Å². The van der Waals surface area contributed by atoms with Gasteiger partial charge in [-0.1, -0.05) is 102 Å². The van der Waals surface area contributed by atoms with Crippen LogP contribution in [0.25, 0.3) is 0 Å². The highest BCUT2D eigenvalue weighted by atomic mass is 16.4. The Morgan fingerprint density at radius 3 is 0.864 bits per heavy atom. The zero-order valence-electron chi connectivity index (χ0n) is 28.4. The topological polar surface area (TPSA) is 112 Å². The molecule has 0 aliphatic heterocycles. The lowest BCUT2D eigenvalue weighted by Gasteiger charge is -2.39. The van der Waals surface area contributed by atoms with Crippen LogP contribution >= 0.6 is 0 Å². The number of hydrogen-bond acceptors (Lipinski definition) is 3. The summed E-state index contributed by atoms with van der Waals surface area (Å²) in [5.41, 5.74) is 0. The van der Waals surface area contributed by atoms with Crippen molar-refractivity contribution in [2.24, 2.45) is 0 Å². The minimum Gasteiger partial charge on any atom is -0.481 e. The van der Waals surface area contributed by atoms with E-state index in [-0.39, 0.29) is 19.3 Å². The molecule has 0 bridgehead atoms. The predicted molar refractivity (Wildman–Crippen MR) is 182 cm³/mol. The Kier molecular flexibility index (Phi) is 29.8. The summed E-state index contributed by atoms with van der Waals surface area (Å²) in [4.78, 5) is 33.1. The second-order valence-electron chi connectivity index (χ2n) is 13.2. The highest BCUT2D eigenvalue weighted by Gasteiger charge is 2.26. The van der Waals surface area contributed by atoms with Crippen LogP contribution in [0.3, 0.4) is 0 Å². The molecule has 0 unspecified atom stereocenters. The Hall–Kier alpha value is -1.89. The van der Waals surface area contributed by atoms with E-state index in [9.17, 15) is 14.4 Å². The largest absolute Gasteiger partial charge is 0.481 e. The summed E-state index contributed by atoms with van der Waals surface area (Å²) in [5.74, 6) is -2.30. The van der Waals surface area contributed by atoms with Crippen LogP contribution in [-0.4, -0.2) is 63.9 Å². The van der Waals surface area contributed by atoms with Crippen molar-refractivity contribution < 1.29 is 34.2 Å². The number of aliphatic carboxylic acids is 3. The second-order valence-corrected chi connectivity index (χ2v) is 13.2. The number of unbranched alkanes of at least 4 members (excludes halogenated alkanes) is 21. The van der Waals surface area contributed by atoms with Crippen molar-refractivity contribution in [1.82, 2.24) is 0 Å². The molecule has 0 rings (SSSR count). The van der Waals surface area contributed by atoms with Crippen molar-refractivity contribution in [3.63, 3.8) is 0 Å². The zero-order valence-corrected chi connectivity index (χ0v) is 28.4. The molecule has 0 amide bonds. The summed E-state index contributed by atoms with van der Waals surface area (Å²) in [6.07, 6.45) is 32.2. The van der Waals surface area contributed by atoms with Crippen molar-refractivity contribution in [3.05, 3.63) is 12.7 Å². The predicted octanol–water partition coefficient (Wildman–Crippen LogP) is 10.2. The number of carbonyl (C=O) groups is 3. The van der Waals surface area contributed by atoms with Crippen LogP contribution in [0.2, 0.25) is 0 Å². The quantitative estimate of drug-likeness (QED) is 0.0363. The summed E-state index contributed by atoms with van der Waals surface area (Å²) in [7, 11) is 0. The SMILES string of the molecule is C=CCCCCCCCCCCCCCCCCCCCC[N+](CCCCC(=O)O)(CCCCC(=O)O)CCCCC(=O)O. The number of carboxylic acids is 3. The van der Waals surface area contributed by atoms with Gasteiger partial charge in [0, 0.05) is 19.3 Å².